The largest absolute Gasteiger partial charge is 0.490 e. The maximum absolute atomic E-state index is 6.50. The smallest absolute Gasteiger partial charge is 0.126 e. The lowest BCUT2D eigenvalue weighted by molar-refractivity contribution is 0.259. The monoisotopic (exact) mass is 624 g/mol. The third-order valence-corrected chi connectivity index (χ3v) is 9.86. The molecule has 240 valence electrons. The molecule has 2 fully saturated rings. The lowest BCUT2D eigenvalue weighted by Crippen LogP contribution is -2.36. The van der Waals surface area contributed by atoms with Crippen molar-refractivity contribution in [3.05, 3.63) is 168 Å². The van der Waals surface area contributed by atoms with Gasteiger partial charge in [0.15, 0.2) is 0 Å². The van der Waals surface area contributed by atoms with Gasteiger partial charge in [0.1, 0.15) is 36.9 Å². The second kappa shape index (κ2) is 13.4. The minimum Gasteiger partial charge on any atom is -0.490 e. The Hall–Kier alpha value is -4.38. The summed E-state index contributed by atoms with van der Waals surface area (Å²) in [6.45, 7) is 19.1. The molecule has 47 heavy (non-hydrogen) atoms. The average Bonchev–Trinajstić information content (AvgIpc) is 4.03. The van der Waals surface area contributed by atoms with Gasteiger partial charge in [-0.25, -0.2) is 0 Å². The Balaban J connectivity index is 1.51. The highest BCUT2D eigenvalue weighted by atomic mass is 16.6. The van der Waals surface area contributed by atoms with E-state index in [0.717, 1.165) is 47.0 Å². The fourth-order valence-electron chi connectivity index (χ4n) is 7.75. The van der Waals surface area contributed by atoms with Crippen LogP contribution in [0, 0.1) is 5.92 Å². The zero-order valence-corrected chi connectivity index (χ0v) is 27.2. The third kappa shape index (κ3) is 5.86. The molecule has 3 aromatic rings. The van der Waals surface area contributed by atoms with Crippen molar-refractivity contribution in [2.24, 2.45) is 5.92 Å². The van der Waals surface area contributed by atoms with Crippen molar-refractivity contribution >= 4 is 0 Å². The van der Waals surface area contributed by atoms with Gasteiger partial charge in [0.2, 0.25) is 0 Å². The van der Waals surface area contributed by atoms with E-state index in [1.165, 1.54) is 22.3 Å². The van der Waals surface area contributed by atoms with E-state index in [2.05, 4.69) is 99.2 Å². The van der Waals surface area contributed by atoms with Gasteiger partial charge in [-0.15, -0.1) is 26.3 Å². The number of rotatable bonds is 16. The van der Waals surface area contributed by atoms with Gasteiger partial charge >= 0.3 is 0 Å². The molecule has 0 radical (unpaired) electrons. The maximum Gasteiger partial charge on any atom is 0.126 e. The maximum atomic E-state index is 6.50. The van der Waals surface area contributed by atoms with Crippen LogP contribution in [0.15, 0.2) is 123 Å². The van der Waals surface area contributed by atoms with Crippen LogP contribution in [0.1, 0.15) is 50.4 Å². The number of benzene rings is 3. The average molecular weight is 625 g/mol. The molecule has 0 N–H and O–H groups in total. The van der Waals surface area contributed by atoms with E-state index in [9.17, 15) is 0 Å². The Labute approximate surface area is 279 Å². The summed E-state index contributed by atoms with van der Waals surface area (Å²) in [5.74, 6) is 2.24. The Morgan fingerprint density at radius 2 is 1.11 bits per heavy atom. The predicted octanol–water partition coefficient (Wildman–Crippen LogP) is 8.33. The highest BCUT2D eigenvalue weighted by Gasteiger charge is 2.53. The molecule has 3 aromatic carbocycles. The van der Waals surface area contributed by atoms with Gasteiger partial charge in [0.25, 0.3) is 0 Å². The second-order valence-corrected chi connectivity index (χ2v) is 13.0. The van der Waals surface area contributed by atoms with Crippen molar-refractivity contribution in [3.63, 3.8) is 0 Å². The quantitative estimate of drug-likeness (QED) is 0.119. The van der Waals surface area contributed by atoms with Gasteiger partial charge < -0.3 is 18.9 Å². The number of allylic oxidation sites excluding steroid dienone is 8. The third-order valence-electron chi connectivity index (χ3n) is 9.86. The summed E-state index contributed by atoms with van der Waals surface area (Å²) in [6, 6.07) is 18.5. The lowest BCUT2D eigenvalue weighted by Gasteiger charge is -2.40. The van der Waals surface area contributed by atoms with Crippen molar-refractivity contribution in [2.75, 3.05) is 26.4 Å². The summed E-state index contributed by atoms with van der Waals surface area (Å²) in [5, 5.41) is 0. The normalized spacial score (nSPS) is 24.6. The first kappa shape index (κ1) is 31.2. The molecule has 0 saturated carbocycles. The molecule has 4 heteroatoms. The van der Waals surface area contributed by atoms with E-state index in [1.54, 1.807) is 0 Å². The van der Waals surface area contributed by atoms with E-state index >= 15 is 0 Å². The fourth-order valence-corrected chi connectivity index (χ4v) is 7.75. The standard InChI is InChI=1S/C43H44O4/c1-5-13-29-21-33(22-30(14-6-2)41(29)46-27-35-25-44-35)43(39-19-11-9-17-37(39)38-18-10-12-20-40(38)43)34-23-31(15-7-3)42(32(24-34)16-8-4)47-28-36-26-45-36/h5-12,17-24,35-37,39H,1-4,13-16,25-28H2. The van der Waals surface area contributed by atoms with Gasteiger partial charge in [-0.3, -0.25) is 0 Å². The van der Waals surface area contributed by atoms with Crippen molar-refractivity contribution in [2.45, 2.75) is 49.2 Å². The highest BCUT2D eigenvalue weighted by molar-refractivity contribution is 5.66. The van der Waals surface area contributed by atoms with Crippen molar-refractivity contribution < 1.29 is 18.9 Å². The zero-order valence-electron chi connectivity index (χ0n) is 27.2. The molecule has 7 rings (SSSR count). The van der Waals surface area contributed by atoms with Crippen molar-refractivity contribution in [1.29, 1.82) is 0 Å². The number of hydrogen-bond donors (Lipinski definition) is 0. The fraction of sp³-hybridized carbons (Fsp3) is 0.302. The Bertz CT molecular complexity index is 1600. The molecular formula is C43H44O4. The van der Waals surface area contributed by atoms with E-state index < -0.39 is 5.41 Å². The molecule has 2 aliphatic carbocycles. The van der Waals surface area contributed by atoms with Gasteiger partial charge in [-0.05, 0) is 70.2 Å². The SMILES string of the molecule is C=CCc1cc(C2(c3cc(CC=C)c(OCC4CO4)c(CC=C)c3)c3ccccc3C3C=CC=CC32)cc(CC=C)c1OCC1CO1. The first-order valence-corrected chi connectivity index (χ1v) is 16.8. The minimum absolute atomic E-state index is 0.157. The second-order valence-electron chi connectivity index (χ2n) is 13.0. The molecule has 4 nitrogen and oxygen atoms in total. The van der Waals surface area contributed by atoms with Crippen molar-refractivity contribution in [3.8, 4) is 11.5 Å². The Morgan fingerprint density at radius 1 is 0.660 bits per heavy atom. The highest BCUT2D eigenvalue weighted by Crippen LogP contribution is 2.60. The Morgan fingerprint density at radius 3 is 1.55 bits per heavy atom. The van der Waals surface area contributed by atoms with Crippen LogP contribution in [0.25, 0.3) is 0 Å². The van der Waals surface area contributed by atoms with Crippen molar-refractivity contribution in [1.82, 2.24) is 0 Å². The molecule has 4 aliphatic rings. The topological polar surface area (TPSA) is 43.5 Å². The van der Waals surface area contributed by atoms with E-state index in [-0.39, 0.29) is 24.0 Å². The Kier molecular flexibility index (Phi) is 8.90. The molecule has 2 heterocycles. The molecule has 2 saturated heterocycles. The lowest BCUT2D eigenvalue weighted by atomic mass is 9.62. The first-order chi connectivity index (χ1) is 23.1. The van der Waals surface area contributed by atoms with Crippen LogP contribution in [-0.2, 0) is 40.6 Å². The van der Waals surface area contributed by atoms with E-state index in [1.807, 2.05) is 24.3 Å². The molecule has 2 aliphatic heterocycles. The number of epoxide rings is 2. The summed E-state index contributed by atoms with van der Waals surface area (Å²) in [6.07, 6.45) is 20.2. The van der Waals surface area contributed by atoms with Crippen LogP contribution in [0.2, 0.25) is 0 Å². The molecule has 0 bridgehead atoms. The molecule has 4 unspecified atom stereocenters. The van der Waals surface area contributed by atoms with E-state index in [4.69, 9.17) is 18.9 Å². The van der Waals surface area contributed by atoms with Crippen LogP contribution < -0.4 is 9.47 Å². The summed E-state index contributed by atoms with van der Waals surface area (Å²) >= 11 is 0. The number of hydrogen-bond acceptors (Lipinski definition) is 4. The molecule has 0 amide bonds. The number of fused-ring (bicyclic) bond motifs is 3. The van der Waals surface area contributed by atoms with Gasteiger partial charge in [0.05, 0.1) is 18.6 Å². The van der Waals surface area contributed by atoms with Gasteiger partial charge in [-0.2, -0.15) is 0 Å². The predicted molar refractivity (Wildman–Crippen MR) is 190 cm³/mol. The summed E-state index contributed by atoms with van der Waals surface area (Å²) in [7, 11) is 0. The van der Waals surface area contributed by atoms with Gasteiger partial charge in [0, 0.05) is 11.8 Å². The molecule has 0 aromatic heterocycles. The minimum atomic E-state index is -0.490. The van der Waals surface area contributed by atoms with E-state index in [0.29, 0.717) is 38.9 Å². The number of ether oxygens (including phenoxy) is 4. The van der Waals surface area contributed by atoms with Crippen LogP contribution in [0.3, 0.4) is 0 Å². The van der Waals surface area contributed by atoms with Crippen LogP contribution >= 0.6 is 0 Å². The van der Waals surface area contributed by atoms with Gasteiger partial charge in [-0.1, -0.05) is 97.1 Å². The molecule has 0 spiro atoms. The van der Waals surface area contributed by atoms with Crippen LogP contribution in [-0.4, -0.2) is 38.6 Å². The molecular weight excluding hydrogens is 580 g/mol. The molecule has 4 atom stereocenters. The summed E-state index contributed by atoms with van der Waals surface area (Å²) in [5.41, 5.74) is 9.22. The van der Waals surface area contributed by atoms with Crippen LogP contribution in [0.4, 0.5) is 0 Å². The first-order valence-electron chi connectivity index (χ1n) is 16.8. The summed E-state index contributed by atoms with van der Waals surface area (Å²) < 4.78 is 24.0. The summed E-state index contributed by atoms with van der Waals surface area (Å²) in [4.78, 5) is 0. The zero-order chi connectivity index (χ0) is 32.4. The van der Waals surface area contributed by atoms with Crippen LogP contribution in [0.5, 0.6) is 11.5 Å².